The number of nitrogens with one attached hydrogen (secondary N) is 1. The van der Waals surface area contributed by atoms with Gasteiger partial charge in [0.15, 0.2) is 23.3 Å². The molecule has 0 aliphatic rings. The van der Waals surface area contributed by atoms with Crippen LogP contribution in [-0.4, -0.2) is 55.2 Å². The summed E-state index contributed by atoms with van der Waals surface area (Å²) in [5.74, 6) is -2.74. The molecule has 1 atom stereocenters. The molecule has 0 spiro atoms. The van der Waals surface area contributed by atoms with E-state index in [9.17, 15) is 27.2 Å². The van der Waals surface area contributed by atoms with Crippen molar-refractivity contribution in [3.8, 4) is 11.5 Å². The van der Waals surface area contributed by atoms with Crippen LogP contribution in [0.4, 0.5) is 17.6 Å². The minimum Gasteiger partial charge on any atom is -0.497 e. The lowest BCUT2D eigenvalue weighted by atomic mass is 9.96. The fourth-order valence-corrected chi connectivity index (χ4v) is 3.35. The molecular formula is C27H33F4N3O6. The van der Waals surface area contributed by atoms with E-state index in [2.05, 4.69) is 10.3 Å². The van der Waals surface area contributed by atoms with E-state index in [-0.39, 0.29) is 42.2 Å². The molecule has 0 fully saturated rings. The van der Waals surface area contributed by atoms with E-state index in [0.717, 1.165) is 11.1 Å². The summed E-state index contributed by atoms with van der Waals surface area (Å²) >= 11 is 0. The number of ether oxygens (including phenoxy) is 2. The number of carboxylic acid groups (broad SMARTS) is 1. The Balaban J connectivity index is 0.00000101. The molecule has 13 heteroatoms. The maximum atomic E-state index is 13.6. The zero-order valence-electron chi connectivity index (χ0n) is 22.5. The van der Waals surface area contributed by atoms with Gasteiger partial charge in [-0.3, -0.25) is 14.9 Å². The molecule has 0 aliphatic carbocycles. The number of rotatable bonds is 11. The van der Waals surface area contributed by atoms with Crippen molar-refractivity contribution in [3.63, 3.8) is 0 Å². The van der Waals surface area contributed by atoms with Crippen LogP contribution in [0, 0.1) is 11.7 Å². The number of nitrogens with zero attached hydrogens (tertiary/aromatic N) is 1. The molecule has 0 unspecified atom stereocenters. The van der Waals surface area contributed by atoms with Gasteiger partial charge in [0.25, 0.3) is 0 Å². The first kappa shape index (κ1) is 33.9. The molecule has 0 saturated heterocycles. The smallest absolute Gasteiger partial charge is 0.490 e. The van der Waals surface area contributed by atoms with Crippen molar-refractivity contribution >= 4 is 23.6 Å². The number of ketones is 1. The molecule has 0 aromatic heterocycles. The molecule has 0 bridgehead atoms. The van der Waals surface area contributed by atoms with Crippen molar-refractivity contribution in [3.05, 3.63) is 59.4 Å². The Morgan fingerprint density at radius 1 is 1.05 bits per heavy atom. The Bertz CT molecular complexity index is 1190. The van der Waals surface area contributed by atoms with Gasteiger partial charge in [0.2, 0.25) is 5.91 Å². The van der Waals surface area contributed by atoms with Crippen LogP contribution in [0.25, 0.3) is 0 Å². The number of amides is 1. The predicted octanol–water partition coefficient (Wildman–Crippen LogP) is 4.07. The normalized spacial score (nSPS) is 12.2. The number of carbonyl (C=O) groups is 3. The SMILES string of the molecule is COc1cccc(CC(=O)NC(N)=N[C@H](CC(C)C)C(=O)CCc2ccc(F)c(OC)c2)c1.O=C(O)C(F)(F)F. The Morgan fingerprint density at radius 3 is 2.25 bits per heavy atom. The summed E-state index contributed by atoms with van der Waals surface area (Å²) < 4.78 is 55.5. The number of benzene rings is 2. The summed E-state index contributed by atoms with van der Waals surface area (Å²) in [6.07, 6.45) is -3.86. The van der Waals surface area contributed by atoms with Crippen LogP contribution in [0.15, 0.2) is 47.5 Å². The largest absolute Gasteiger partial charge is 0.497 e. The Hall–Kier alpha value is -4.16. The highest BCUT2D eigenvalue weighted by Crippen LogP contribution is 2.20. The van der Waals surface area contributed by atoms with E-state index >= 15 is 0 Å². The average molecular weight is 572 g/mol. The zero-order valence-corrected chi connectivity index (χ0v) is 22.5. The first-order valence-electron chi connectivity index (χ1n) is 12.1. The van der Waals surface area contributed by atoms with Gasteiger partial charge < -0.3 is 20.3 Å². The Labute approximate surface area is 229 Å². The summed E-state index contributed by atoms with van der Waals surface area (Å²) in [4.78, 5) is 38.4. The van der Waals surface area contributed by atoms with Gasteiger partial charge in [-0.25, -0.2) is 14.2 Å². The maximum Gasteiger partial charge on any atom is 0.490 e. The van der Waals surface area contributed by atoms with Crippen LogP contribution in [-0.2, 0) is 27.2 Å². The molecule has 2 aromatic carbocycles. The molecule has 2 aromatic rings. The number of aliphatic carboxylic acids is 1. The van der Waals surface area contributed by atoms with Crippen molar-refractivity contribution in [2.45, 2.75) is 51.7 Å². The number of alkyl halides is 3. The van der Waals surface area contributed by atoms with Crippen molar-refractivity contribution in [2.24, 2.45) is 16.6 Å². The van der Waals surface area contributed by atoms with Gasteiger partial charge in [0.05, 0.1) is 20.6 Å². The third-order valence-electron chi connectivity index (χ3n) is 5.25. The minimum absolute atomic E-state index is 0.0923. The lowest BCUT2D eigenvalue weighted by Crippen LogP contribution is -2.39. The highest BCUT2D eigenvalue weighted by atomic mass is 19.4. The van der Waals surface area contributed by atoms with Crippen molar-refractivity contribution < 1.29 is 46.5 Å². The average Bonchev–Trinajstić information content (AvgIpc) is 2.87. The molecule has 40 heavy (non-hydrogen) atoms. The Kier molecular flexibility index (Phi) is 13.6. The highest BCUT2D eigenvalue weighted by molar-refractivity contribution is 5.98. The Morgan fingerprint density at radius 2 is 1.70 bits per heavy atom. The number of carbonyl (C=O) groups excluding carboxylic acids is 2. The van der Waals surface area contributed by atoms with E-state index in [1.807, 2.05) is 19.9 Å². The number of aryl methyl sites for hydroxylation is 1. The zero-order chi connectivity index (χ0) is 30.5. The number of aliphatic imine (C=N–C) groups is 1. The van der Waals surface area contributed by atoms with Gasteiger partial charge in [-0.1, -0.05) is 32.0 Å². The molecule has 220 valence electrons. The first-order chi connectivity index (χ1) is 18.7. The van der Waals surface area contributed by atoms with Crippen LogP contribution < -0.4 is 20.5 Å². The lowest BCUT2D eigenvalue weighted by Gasteiger charge is -2.15. The monoisotopic (exact) mass is 571 g/mol. The molecule has 9 nitrogen and oxygen atoms in total. The summed E-state index contributed by atoms with van der Waals surface area (Å²) in [6, 6.07) is 11.0. The summed E-state index contributed by atoms with van der Waals surface area (Å²) in [7, 11) is 2.95. The number of methoxy groups -OCH3 is 2. The van der Waals surface area contributed by atoms with Gasteiger partial charge in [0, 0.05) is 6.42 Å². The van der Waals surface area contributed by atoms with Gasteiger partial charge in [0.1, 0.15) is 11.8 Å². The molecule has 4 N–H and O–H groups in total. The van der Waals surface area contributed by atoms with E-state index in [1.165, 1.54) is 13.2 Å². The summed E-state index contributed by atoms with van der Waals surface area (Å²) in [5, 5.41) is 9.68. The number of halogens is 4. The number of hydrogen-bond acceptors (Lipinski definition) is 6. The standard InChI is InChI=1S/C25H32FN3O4.C2HF3O2/c1-16(2)12-21(22(30)11-9-17-8-10-20(26)23(14-17)33-4)28-25(27)29-24(31)15-18-6-5-7-19(13-18)32-3;3-2(4,5)1(6)7/h5-8,10,13-14,16,21H,9,11-12,15H2,1-4H3,(H3,27,28,29,31);(H,6,7)/t21-;/m1./s1. The second-order valence-corrected chi connectivity index (χ2v) is 8.97. The number of nitrogens with two attached hydrogens (primary N) is 1. The summed E-state index contributed by atoms with van der Waals surface area (Å²) in [5.41, 5.74) is 7.50. The van der Waals surface area contributed by atoms with Gasteiger partial charge >= 0.3 is 12.1 Å². The van der Waals surface area contributed by atoms with Crippen LogP contribution >= 0.6 is 0 Å². The fourth-order valence-electron chi connectivity index (χ4n) is 3.35. The molecule has 1 amide bonds. The maximum absolute atomic E-state index is 13.6. The second kappa shape index (κ2) is 16.1. The predicted molar refractivity (Wildman–Crippen MR) is 140 cm³/mol. The number of carboxylic acids is 1. The molecule has 0 heterocycles. The first-order valence-corrected chi connectivity index (χ1v) is 12.1. The molecular weight excluding hydrogens is 538 g/mol. The van der Waals surface area contributed by atoms with Crippen molar-refractivity contribution in [2.75, 3.05) is 14.2 Å². The third-order valence-corrected chi connectivity index (χ3v) is 5.25. The van der Waals surface area contributed by atoms with Gasteiger partial charge in [-0.15, -0.1) is 0 Å². The van der Waals surface area contributed by atoms with E-state index in [4.69, 9.17) is 25.1 Å². The van der Waals surface area contributed by atoms with Gasteiger partial charge in [-0.2, -0.15) is 13.2 Å². The van der Waals surface area contributed by atoms with Crippen LogP contribution in [0.2, 0.25) is 0 Å². The molecule has 0 aliphatic heterocycles. The minimum atomic E-state index is -5.08. The number of hydrogen-bond donors (Lipinski definition) is 3. The van der Waals surface area contributed by atoms with E-state index in [1.54, 1.807) is 37.4 Å². The second-order valence-electron chi connectivity index (χ2n) is 8.97. The fraction of sp³-hybridized carbons (Fsp3) is 0.407. The topological polar surface area (TPSA) is 140 Å². The molecule has 0 saturated carbocycles. The van der Waals surface area contributed by atoms with Crippen LogP contribution in [0.1, 0.15) is 37.8 Å². The quantitative estimate of drug-likeness (QED) is 0.210. The van der Waals surface area contributed by atoms with Crippen molar-refractivity contribution in [1.82, 2.24) is 5.32 Å². The van der Waals surface area contributed by atoms with Crippen LogP contribution in [0.5, 0.6) is 11.5 Å². The van der Waals surface area contributed by atoms with E-state index in [0.29, 0.717) is 18.6 Å². The lowest BCUT2D eigenvalue weighted by molar-refractivity contribution is -0.192. The van der Waals surface area contributed by atoms with Gasteiger partial charge in [-0.05, 0) is 54.2 Å². The molecule has 2 rings (SSSR count). The number of Topliss-reactive ketones (excluding diaryl/α,β-unsaturated/α-hetero) is 1. The van der Waals surface area contributed by atoms with E-state index < -0.39 is 24.0 Å². The molecule has 0 radical (unpaired) electrons. The third kappa shape index (κ3) is 12.6. The van der Waals surface area contributed by atoms with Crippen molar-refractivity contribution in [1.29, 1.82) is 0 Å². The van der Waals surface area contributed by atoms with Crippen LogP contribution in [0.3, 0.4) is 0 Å². The summed E-state index contributed by atoms with van der Waals surface area (Å²) in [6.45, 7) is 3.97. The number of guanidine groups is 1. The highest BCUT2D eigenvalue weighted by Gasteiger charge is 2.38.